The molecule has 3 aromatic carbocycles. The van der Waals surface area contributed by atoms with E-state index in [1.54, 1.807) is 30.3 Å². The third-order valence-electron chi connectivity index (χ3n) is 4.24. The molecule has 1 aliphatic rings. The van der Waals surface area contributed by atoms with Crippen molar-refractivity contribution >= 4 is 29.6 Å². The number of rotatable bonds is 3. The Hall–Kier alpha value is -3.11. The number of para-hydroxylation sites is 1. The molecule has 0 unspecified atom stereocenters. The van der Waals surface area contributed by atoms with E-state index in [1.807, 2.05) is 55.5 Å². The van der Waals surface area contributed by atoms with Crippen LogP contribution in [0.2, 0.25) is 0 Å². The first-order chi connectivity index (χ1) is 13.1. The molecule has 0 amide bonds. The fourth-order valence-electron chi connectivity index (χ4n) is 2.90. The van der Waals surface area contributed by atoms with Crippen molar-refractivity contribution in [3.05, 3.63) is 100.0 Å². The van der Waals surface area contributed by atoms with Gasteiger partial charge in [0.05, 0.1) is 10.5 Å². The molecule has 4 rings (SSSR count). The number of aryl methyl sites for hydroxylation is 1. The number of carbonyl (C=O) groups excluding carboxylic acids is 2. The topological polar surface area (TPSA) is 43.4 Å². The van der Waals surface area contributed by atoms with Gasteiger partial charge in [0.2, 0.25) is 5.78 Å². The van der Waals surface area contributed by atoms with Crippen LogP contribution in [0.25, 0.3) is 6.08 Å². The zero-order valence-corrected chi connectivity index (χ0v) is 15.5. The molecule has 27 heavy (non-hydrogen) atoms. The second-order valence-electron chi connectivity index (χ2n) is 6.23. The van der Waals surface area contributed by atoms with Crippen LogP contribution in [-0.4, -0.2) is 11.8 Å². The van der Waals surface area contributed by atoms with Gasteiger partial charge in [-0.2, -0.15) is 0 Å². The molecule has 0 saturated heterocycles. The van der Waals surface area contributed by atoms with E-state index in [0.29, 0.717) is 27.3 Å². The molecule has 3 aromatic rings. The molecule has 0 spiro atoms. The van der Waals surface area contributed by atoms with Gasteiger partial charge < -0.3 is 4.74 Å². The van der Waals surface area contributed by atoms with Crippen LogP contribution in [0.1, 0.15) is 31.8 Å². The minimum atomic E-state index is -0.418. The molecular weight excluding hydrogens is 356 g/mol. The van der Waals surface area contributed by atoms with Gasteiger partial charge >= 0.3 is 5.97 Å². The molecule has 1 heterocycles. The number of ketones is 1. The molecule has 0 fully saturated rings. The third kappa shape index (κ3) is 3.57. The minimum absolute atomic E-state index is 0.00425. The lowest BCUT2D eigenvalue weighted by Crippen LogP contribution is -2.09. The number of benzene rings is 3. The molecule has 0 bridgehead atoms. The number of allylic oxidation sites excluding steroid dienone is 1. The van der Waals surface area contributed by atoms with E-state index in [-0.39, 0.29) is 5.78 Å². The molecular formula is C23H16O3S. The lowest BCUT2D eigenvalue weighted by atomic mass is 10.1. The van der Waals surface area contributed by atoms with Gasteiger partial charge in [-0.3, -0.25) is 4.79 Å². The Bertz CT molecular complexity index is 1080. The summed E-state index contributed by atoms with van der Waals surface area (Å²) >= 11 is 1.44. The number of carbonyl (C=O) groups is 2. The lowest BCUT2D eigenvalue weighted by Gasteiger charge is -2.08. The molecule has 0 saturated carbocycles. The van der Waals surface area contributed by atoms with E-state index in [9.17, 15) is 9.59 Å². The van der Waals surface area contributed by atoms with Crippen molar-refractivity contribution in [1.82, 2.24) is 0 Å². The zero-order chi connectivity index (χ0) is 18.8. The SMILES string of the molecule is Cc1cccc(C(=O)Oc2ccccc2C=C2Sc3ccccc3C2=O)c1. The van der Waals surface area contributed by atoms with E-state index < -0.39 is 5.97 Å². The van der Waals surface area contributed by atoms with Crippen LogP contribution in [0.3, 0.4) is 0 Å². The summed E-state index contributed by atoms with van der Waals surface area (Å²) in [6.45, 7) is 1.93. The first-order valence-corrected chi connectivity index (χ1v) is 9.34. The van der Waals surface area contributed by atoms with Crippen LogP contribution in [0.5, 0.6) is 5.75 Å². The molecule has 0 radical (unpaired) electrons. The summed E-state index contributed by atoms with van der Waals surface area (Å²) in [5, 5.41) is 0. The van der Waals surface area contributed by atoms with Gasteiger partial charge in [-0.15, -0.1) is 0 Å². The van der Waals surface area contributed by atoms with Gasteiger partial charge in [0, 0.05) is 16.0 Å². The predicted molar refractivity (Wildman–Crippen MR) is 107 cm³/mol. The van der Waals surface area contributed by atoms with Crippen molar-refractivity contribution in [1.29, 1.82) is 0 Å². The van der Waals surface area contributed by atoms with Crippen LogP contribution in [0.15, 0.2) is 82.6 Å². The number of esters is 1. The Morgan fingerprint density at radius 3 is 2.56 bits per heavy atom. The van der Waals surface area contributed by atoms with E-state index >= 15 is 0 Å². The van der Waals surface area contributed by atoms with Gasteiger partial charge in [0.25, 0.3) is 0 Å². The molecule has 0 atom stereocenters. The van der Waals surface area contributed by atoms with Gasteiger partial charge in [0.1, 0.15) is 5.75 Å². The Labute approximate surface area is 161 Å². The maximum absolute atomic E-state index is 12.6. The van der Waals surface area contributed by atoms with E-state index in [2.05, 4.69) is 0 Å². The monoisotopic (exact) mass is 372 g/mol. The van der Waals surface area contributed by atoms with Crippen molar-refractivity contribution in [2.24, 2.45) is 0 Å². The van der Waals surface area contributed by atoms with Crippen molar-refractivity contribution in [2.75, 3.05) is 0 Å². The predicted octanol–water partition coefficient (Wildman–Crippen LogP) is 5.54. The number of hydrogen-bond donors (Lipinski definition) is 0. The Kier molecular flexibility index (Phi) is 4.65. The first-order valence-electron chi connectivity index (χ1n) is 8.53. The summed E-state index contributed by atoms with van der Waals surface area (Å²) in [5.74, 6) is 0.00881. The highest BCUT2D eigenvalue weighted by Gasteiger charge is 2.25. The number of ether oxygens (including phenoxy) is 1. The Morgan fingerprint density at radius 1 is 0.963 bits per heavy atom. The quantitative estimate of drug-likeness (QED) is 0.344. The zero-order valence-electron chi connectivity index (χ0n) is 14.6. The fourth-order valence-corrected chi connectivity index (χ4v) is 3.94. The second-order valence-corrected chi connectivity index (χ2v) is 7.32. The summed E-state index contributed by atoms with van der Waals surface area (Å²) < 4.78 is 5.61. The Balaban J connectivity index is 1.63. The summed E-state index contributed by atoms with van der Waals surface area (Å²) in [6.07, 6.45) is 1.78. The number of hydrogen-bond acceptors (Lipinski definition) is 4. The average Bonchev–Trinajstić information content (AvgIpc) is 2.99. The molecule has 132 valence electrons. The van der Waals surface area contributed by atoms with Gasteiger partial charge in [-0.25, -0.2) is 4.79 Å². The molecule has 0 aliphatic carbocycles. The molecule has 3 nitrogen and oxygen atoms in total. The molecule has 0 aromatic heterocycles. The summed E-state index contributed by atoms with van der Waals surface area (Å²) in [6, 6.07) is 22.0. The second kappa shape index (κ2) is 7.25. The van der Waals surface area contributed by atoms with Gasteiger partial charge in [0.15, 0.2) is 0 Å². The van der Waals surface area contributed by atoms with Crippen LogP contribution >= 0.6 is 11.8 Å². The third-order valence-corrected chi connectivity index (χ3v) is 5.34. The van der Waals surface area contributed by atoms with Crippen LogP contribution < -0.4 is 4.74 Å². The molecule has 0 N–H and O–H groups in total. The van der Waals surface area contributed by atoms with Crippen molar-refractivity contribution < 1.29 is 14.3 Å². The smallest absolute Gasteiger partial charge is 0.343 e. The minimum Gasteiger partial charge on any atom is -0.422 e. The fraction of sp³-hybridized carbons (Fsp3) is 0.0435. The van der Waals surface area contributed by atoms with E-state index in [4.69, 9.17) is 4.74 Å². The maximum Gasteiger partial charge on any atom is 0.343 e. The van der Waals surface area contributed by atoms with E-state index in [1.165, 1.54) is 11.8 Å². The Morgan fingerprint density at radius 2 is 1.74 bits per heavy atom. The van der Waals surface area contributed by atoms with Crippen molar-refractivity contribution in [2.45, 2.75) is 11.8 Å². The highest BCUT2D eigenvalue weighted by atomic mass is 32.2. The summed E-state index contributed by atoms with van der Waals surface area (Å²) in [5.41, 5.74) is 2.90. The summed E-state index contributed by atoms with van der Waals surface area (Å²) in [7, 11) is 0. The van der Waals surface area contributed by atoms with Gasteiger partial charge in [-0.05, 0) is 43.3 Å². The normalized spacial score (nSPS) is 14.3. The van der Waals surface area contributed by atoms with Crippen LogP contribution in [0, 0.1) is 6.92 Å². The average molecular weight is 372 g/mol. The summed E-state index contributed by atoms with van der Waals surface area (Å²) in [4.78, 5) is 26.6. The highest BCUT2D eigenvalue weighted by molar-refractivity contribution is 8.04. The number of fused-ring (bicyclic) bond motifs is 1. The number of thioether (sulfide) groups is 1. The molecule has 4 heteroatoms. The maximum atomic E-state index is 12.6. The van der Waals surface area contributed by atoms with E-state index in [0.717, 1.165) is 10.5 Å². The number of Topliss-reactive ketones (excluding diaryl/α,β-unsaturated/α-hetero) is 1. The van der Waals surface area contributed by atoms with Gasteiger partial charge in [-0.1, -0.05) is 59.8 Å². The van der Waals surface area contributed by atoms with Crippen LogP contribution in [0.4, 0.5) is 0 Å². The largest absolute Gasteiger partial charge is 0.422 e. The standard InChI is InChI=1S/C23H16O3S/c1-15-7-6-9-17(13-15)23(25)26-19-11-4-2-8-16(19)14-21-22(24)18-10-3-5-12-20(18)27-21/h2-14H,1H3. The molecule has 1 aliphatic heterocycles. The van der Waals surface area contributed by atoms with Crippen LogP contribution in [-0.2, 0) is 0 Å². The lowest BCUT2D eigenvalue weighted by molar-refractivity contribution is 0.0734. The van der Waals surface area contributed by atoms with Crippen molar-refractivity contribution in [3.63, 3.8) is 0 Å². The highest BCUT2D eigenvalue weighted by Crippen LogP contribution is 2.41. The van der Waals surface area contributed by atoms with Crippen molar-refractivity contribution in [3.8, 4) is 5.75 Å². The first kappa shape index (κ1) is 17.3.